The number of hydrogen-bond donors (Lipinski definition) is 1. The number of esters is 1. The van der Waals surface area contributed by atoms with Gasteiger partial charge in [0.1, 0.15) is 6.73 Å². The fourth-order valence-corrected chi connectivity index (χ4v) is 4.88. The van der Waals surface area contributed by atoms with Crippen LogP contribution in [0, 0.1) is 23.7 Å². The van der Waals surface area contributed by atoms with Gasteiger partial charge < -0.3 is 9.47 Å². The van der Waals surface area contributed by atoms with E-state index in [0.717, 1.165) is 23.7 Å². The average Bonchev–Trinajstić information content (AvgIpc) is 2.75. The lowest BCUT2D eigenvalue weighted by atomic mass is 9.78. The summed E-state index contributed by atoms with van der Waals surface area (Å²) in [5, 5.41) is 3.41. The third kappa shape index (κ3) is 1.77. The Morgan fingerprint density at radius 3 is 3.00 bits per heavy atom. The summed E-state index contributed by atoms with van der Waals surface area (Å²) in [5.41, 5.74) is 0.458. The van der Waals surface area contributed by atoms with Gasteiger partial charge in [0.2, 0.25) is 0 Å². The van der Waals surface area contributed by atoms with E-state index in [-0.39, 0.29) is 5.97 Å². The summed E-state index contributed by atoms with van der Waals surface area (Å²) >= 11 is 0. The van der Waals surface area contributed by atoms with Crippen LogP contribution in [-0.4, -0.2) is 30.9 Å². The molecule has 0 aromatic rings. The van der Waals surface area contributed by atoms with Gasteiger partial charge in [-0.3, -0.25) is 5.32 Å². The Balaban J connectivity index is 1.32. The van der Waals surface area contributed by atoms with Gasteiger partial charge >= 0.3 is 5.97 Å². The third-order valence-electron chi connectivity index (χ3n) is 5.65. The number of nitrogens with one attached hydrogen (secondary N) is 1. The zero-order valence-corrected chi connectivity index (χ0v) is 11.3. The van der Waals surface area contributed by atoms with Crippen LogP contribution in [0.15, 0.2) is 12.2 Å². The van der Waals surface area contributed by atoms with Gasteiger partial charge in [-0.15, -0.1) is 0 Å². The lowest BCUT2D eigenvalue weighted by Crippen LogP contribution is -2.42. The molecule has 1 aliphatic heterocycles. The van der Waals surface area contributed by atoms with Crippen molar-refractivity contribution < 1.29 is 14.3 Å². The molecule has 3 aliphatic carbocycles. The van der Waals surface area contributed by atoms with E-state index in [1.807, 2.05) is 0 Å². The summed E-state index contributed by atoms with van der Waals surface area (Å²) in [6.07, 6.45) is 5.03. The fourth-order valence-electron chi connectivity index (χ4n) is 4.88. The largest absolute Gasteiger partial charge is 0.446 e. The van der Waals surface area contributed by atoms with Crippen LogP contribution in [0.1, 0.15) is 26.2 Å². The Bertz CT molecular complexity index is 435. The predicted octanol–water partition coefficient (Wildman–Crippen LogP) is 1.46. The smallest absolute Gasteiger partial charge is 0.334 e. The molecule has 1 saturated heterocycles. The van der Waals surface area contributed by atoms with Gasteiger partial charge in [0.25, 0.3) is 0 Å². The van der Waals surface area contributed by atoms with Crippen molar-refractivity contribution in [1.29, 1.82) is 0 Å². The summed E-state index contributed by atoms with van der Waals surface area (Å²) in [4.78, 5) is 11.3. The quantitative estimate of drug-likeness (QED) is 0.361. The Hall–Kier alpha value is -0.870. The van der Waals surface area contributed by atoms with Gasteiger partial charge in [-0.05, 0) is 49.9 Å². The molecule has 2 bridgehead atoms. The summed E-state index contributed by atoms with van der Waals surface area (Å²) in [5.74, 6) is 3.00. The second-order valence-electron chi connectivity index (χ2n) is 6.68. The standard InChI is InChI=1S/C15H21NO3/c1-7(2)15(17)18-6-16-11-4-8-3-10(11)13-9(8)5-12-14(13)19-12/h8-14,16H,1,3-6H2,2H3. The number of ether oxygens (including phenoxy) is 2. The molecule has 1 heterocycles. The molecule has 4 aliphatic rings. The van der Waals surface area contributed by atoms with E-state index >= 15 is 0 Å². The van der Waals surface area contributed by atoms with Crippen LogP contribution in [0.25, 0.3) is 0 Å². The topological polar surface area (TPSA) is 50.9 Å². The molecule has 7 atom stereocenters. The van der Waals surface area contributed by atoms with E-state index in [9.17, 15) is 4.79 Å². The minimum absolute atomic E-state index is 0.306. The SMILES string of the molecule is C=C(C)C(=O)OCNC1CC2CC1C1C2CC2OC21. The van der Waals surface area contributed by atoms with Gasteiger partial charge in [0.05, 0.1) is 12.2 Å². The number of carbonyl (C=O) groups excluding carboxylic acids is 1. The molecule has 4 fully saturated rings. The minimum Gasteiger partial charge on any atom is -0.446 e. The zero-order valence-electron chi connectivity index (χ0n) is 11.3. The summed E-state index contributed by atoms with van der Waals surface area (Å²) in [7, 11) is 0. The number of hydrogen-bond acceptors (Lipinski definition) is 4. The van der Waals surface area contributed by atoms with Crippen molar-refractivity contribution in [1.82, 2.24) is 5.32 Å². The van der Waals surface area contributed by atoms with Crippen molar-refractivity contribution in [3.63, 3.8) is 0 Å². The molecule has 0 radical (unpaired) electrons. The Morgan fingerprint density at radius 1 is 1.37 bits per heavy atom. The first-order valence-corrected chi connectivity index (χ1v) is 7.36. The molecule has 4 heteroatoms. The van der Waals surface area contributed by atoms with Crippen molar-refractivity contribution in [2.45, 2.75) is 44.4 Å². The molecular formula is C15H21NO3. The average molecular weight is 263 g/mol. The van der Waals surface area contributed by atoms with Gasteiger partial charge in [-0.2, -0.15) is 0 Å². The molecule has 1 N–H and O–H groups in total. The first kappa shape index (κ1) is 11.9. The number of rotatable bonds is 4. The van der Waals surface area contributed by atoms with Crippen LogP contribution in [0.4, 0.5) is 0 Å². The van der Waals surface area contributed by atoms with E-state index in [0.29, 0.717) is 30.6 Å². The fraction of sp³-hybridized carbons (Fsp3) is 0.800. The van der Waals surface area contributed by atoms with Crippen LogP contribution in [-0.2, 0) is 14.3 Å². The number of fused-ring (bicyclic) bond motifs is 7. The maximum absolute atomic E-state index is 11.3. The minimum atomic E-state index is -0.306. The molecule has 0 aromatic carbocycles. The van der Waals surface area contributed by atoms with E-state index in [2.05, 4.69) is 11.9 Å². The second-order valence-corrected chi connectivity index (χ2v) is 6.68. The molecule has 19 heavy (non-hydrogen) atoms. The Morgan fingerprint density at radius 2 is 2.21 bits per heavy atom. The molecular weight excluding hydrogens is 242 g/mol. The van der Waals surface area contributed by atoms with Gasteiger partial charge in [0, 0.05) is 11.6 Å². The first-order valence-electron chi connectivity index (χ1n) is 7.36. The van der Waals surface area contributed by atoms with Crippen molar-refractivity contribution >= 4 is 5.97 Å². The molecule has 104 valence electrons. The molecule has 0 amide bonds. The zero-order chi connectivity index (χ0) is 13.1. The lowest BCUT2D eigenvalue weighted by Gasteiger charge is -2.33. The van der Waals surface area contributed by atoms with Crippen LogP contribution >= 0.6 is 0 Å². The maximum Gasteiger partial charge on any atom is 0.334 e. The van der Waals surface area contributed by atoms with Crippen LogP contribution < -0.4 is 5.32 Å². The van der Waals surface area contributed by atoms with Crippen LogP contribution in [0.2, 0.25) is 0 Å². The summed E-state index contributed by atoms with van der Waals surface area (Å²) in [6, 6.07) is 0.507. The van der Waals surface area contributed by atoms with Crippen molar-refractivity contribution in [3.8, 4) is 0 Å². The number of epoxide rings is 1. The molecule has 7 unspecified atom stereocenters. The Kier molecular flexibility index (Phi) is 2.55. The third-order valence-corrected chi connectivity index (χ3v) is 5.65. The van der Waals surface area contributed by atoms with Crippen molar-refractivity contribution in [2.75, 3.05) is 6.73 Å². The van der Waals surface area contributed by atoms with Gasteiger partial charge in [-0.25, -0.2) is 4.79 Å². The van der Waals surface area contributed by atoms with Crippen LogP contribution in [0.3, 0.4) is 0 Å². The van der Waals surface area contributed by atoms with Gasteiger partial charge in [-0.1, -0.05) is 6.58 Å². The molecule has 3 saturated carbocycles. The maximum atomic E-state index is 11.3. The highest BCUT2D eigenvalue weighted by Gasteiger charge is 2.66. The van der Waals surface area contributed by atoms with E-state index in [1.165, 1.54) is 19.3 Å². The van der Waals surface area contributed by atoms with Crippen molar-refractivity contribution in [2.24, 2.45) is 23.7 Å². The van der Waals surface area contributed by atoms with E-state index in [1.54, 1.807) is 6.92 Å². The van der Waals surface area contributed by atoms with Crippen LogP contribution in [0.5, 0.6) is 0 Å². The number of carbonyl (C=O) groups is 1. The second kappa shape index (κ2) is 4.06. The highest BCUT2D eigenvalue weighted by atomic mass is 16.6. The molecule has 0 aromatic heterocycles. The predicted molar refractivity (Wildman–Crippen MR) is 69.2 cm³/mol. The van der Waals surface area contributed by atoms with Gasteiger partial charge in [0.15, 0.2) is 0 Å². The highest BCUT2D eigenvalue weighted by Crippen LogP contribution is 2.64. The van der Waals surface area contributed by atoms with E-state index < -0.39 is 0 Å². The Labute approximate surface area is 113 Å². The summed E-state index contributed by atoms with van der Waals surface area (Å²) in [6.45, 7) is 5.57. The molecule has 4 rings (SSSR count). The monoisotopic (exact) mass is 263 g/mol. The molecule has 4 nitrogen and oxygen atoms in total. The first-order chi connectivity index (χ1) is 9.15. The summed E-state index contributed by atoms with van der Waals surface area (Å²) < 4.78 is 10.9. The lowest BCUT2D eigenvalue weighted by molar-refractivity contribution is -0.140. The normalized spacial score (nSPS) is 48.8. The molecule has 0 spiro atoms. The highest BCUT2D eigenvalue weighted by molar-refractivity contribution is 5.86. The van der Waals surface area contributed by atoms with Crippen molar-refractivity contribution in [3.05, 3.63) is 12.2 Å². The van der Waals surface area contributed by atoms with E-state index in [4.69, 9.17) is 9.47 Å².